The summed E-state index contributed by atoms with van der Waals surface area (Å²) in [6.45, 7) is 4.30. The predicted molar refractivity (Wildman–Crippen MR) is 93.2 cm³/mol. The van der Waals surface area contributed by atoms with Crippen LogP contribution in [0, 0.1) is 0 Å². The van der Waals surface area contributed by atoms with Crippen LogP contribution in [0.3, 0.4) is 0 Å². The van der Waals surface area contributed by atoms with E-state index in [9.17, 15) is 4.79 Å². The van der Waals surface area contributed by atoms with Gasteiger partial charge in [-0.15, -0.1) is 0 Å². The summed E-state index contributed by atoms with van der Waals surface area (Å²) >= 11 is 0. The normalized spacial score (nSPS) is 11.8. The molecule has 0 spiro atoms. The summed E-state index contributed by atoms with van der Waals surface area (Å²) < 4.78 is 10.6. The lowest BCUT2D eigenvalue weighted by Crippen LogP contribution is -2.26. The molecule has 1 aromatic heterocycles. The van der Waals surface area contributed by atoms with Crippen molar-refractivity contribution in [3.05, 3.63) is 66.1 Å². The number of hydrogen-bond donors (Lipinski definition) is 1. The van der Waals surface area contributed by atoms with Crippen LogP contribution in [0.5, 0.6) is 5.75 Å². The molecule has 128 valence electrons. The quantitative estimate of drug-likeness (QED) is 0.743. The van der Waals surface area contributed by atoms with Crippen LogP contribution in [0.25, 0.3) is 11.4 Å². The van der Waals surface area contributed by atoms with Crippen molar-refractivity contribution < 1.29 is 14.1 Å². The lowest BCUT2D eigenvalue weighted by molar-refractivity contribution is 0.0932. The van der Waals surface area contributed by atoms with Crippen molar-refractivity contribution in [2.75, 3.05) is 6.61 Å². The van der Waals surface area contributed by atoms with E-state index in [4.69, 9.17) is 9.26 Å². The number of rotatable bonds is 6. The number of carbonyl (C=O) groups is 1. The van der Waals surface area contributed by atoms with Crippen molar-refractivity contribution in [2.24, 2.45) is 0 Å². The minimum atomic E-state index is -0.399. The van der Waals surface area contributed by atoms with Gasteiger partial charge < -0.3 is 14.6 Å². The lowest BCUT2D eigenvalue weighted by Gasteiger charge is -2.10. The van der Waals surface area contributed by atoms with Crippen LogP contribution in [0.2, 0.25) is 0 Å². The molecular formula is C19H19N3O3. The van der Waals surface area contributed by atoms with E-state index in [0.717, 1.165) is 11.3 Å². The van der Waals surface area contributed by atoms with E-state index in [2.05, 4.69) is 15.5 Å². The van der Waals surface area contributed by atoms with Crippen LogP contribution in [-0.4, -0.2) is 22.7 Å². The van der Waals surface area contributed by atoms with Gasteiger partial charge in [-0.05, 0) is 38.1 Å². The van der Waals surface area contributed by atoms with Gasteiger partial charge in [-0.25, -0.2) is 0 Å². The number of aromatic nitrogens is 2. The van der Waals surface area contributed by atoms with Gasteiger partial charge in [-0.2, -0.15) is 4.98 Å². The fourth-order valence-corrected chi connectivity index (χ4v) is 2.33. The number of nitrogens with zero attached hydrogens (tertiary/aromatic N) is 2. The van der Waals surface area contributed by atoms with Gasteiger partial charge in [-0.1, -0.05) is 35.5 Å². The zero-order valence-corrected chi connectivity index (χ0v) is 14.1. The molecule has 0 saturated heterocycles. The molecule has 3 aromatic rings. The fourth-order valence-electron chi connectivity index (χ4n) is 2.33. The highest BCUT2D eigenvalue weighted by Gasteiger charge is 2.18. The maximum atomic E-state index is 12.3. The number of hydrogen-bond acceptors (Lipinski definition) is 5. The average Bonchev–Trinajstić information content (AvgIpc) is 3.13. The van der Waals surface area contributed by atoms with Gasteiger partial charge in [0.15, 0.2) is 0 Å². The second-order valence-electron chi connectivity index (χ2n) is 5.47. The molecule has 1 N–H and O–H groups in total. The zero-order valence-electron chi connectivity index (χ0n) is 14.1. The molecule has 0 bridgehead atoms. The summed E-state index contributed by atoms with van der Waals surface area (Å²) in [4.78, 5) is 16.7. The minimum absolute atomic E-state index is 0.213. The third-order valence-electron chi connectivity index (χ3n) is 3.62. The Morgan fingerprint density at radius 3 is 2.56 bits per heavy atom. The molecule has 0 unspecified atom stereocenters. The number of carbonyl (C=O) groups excluding carboxylic acids is 1. The summed E-state index contributed by atoms with van der Waals surface area (Å²) in [5, 5.41) is 6.82. The molecule has 0 fully saturated rings. The van der Waals surface area contributed by atoms with Crippen LogP contribution < -0.4 is 10.1 Å². The second-order valence-corrected chi connectivity index (χ2v) is 5.47. The van der Waals surface area contributed by atoms with Crippen molar-refractivity contribution in [3.8, 4) is 17.1 Å². The SMILES string of the molecule is CCOc1ccc(C(=O)N[C@@H](C)c2nc(-c3ccccc3)no2)cc1. The summed E-state index contributed by atoms with van der Waals surface area (Å²) in [7, 11) is 0. The Balaban J connectivity index is 1.66. The van der Waals surface area contributed by atoms with Gasteiger partial charge >= 0.3 is 0 Å². The molecule has 0 aliphatic heterocycles. The van der Waals surface area contributed by atoms with Crippen LogP contribution in [0.1, 0.15) is 36.1 Å². The third kappa shape index (κ3) is 4.03. The first kappa shape index (κ1) is 16.7. The summed E-state index contributed by atoms with van der Waals surface area (Å²) in [6.07, 6.45) is 0. The first-order valence-electron chi connectivity index (χ1n) is 8.10. The van der Waals surface area contributed by atoms with Crippen molar-refractivity contribution in [1.82, 2.24) is 15.5 Å². The first-order valence-corrected chi connectivity index (χ1v) is 8.10. The van der Waals surface area contributed by atoms with Crippen molar-refractivity contribution >= 4 is 5.91 Å². The molecule has 6 heteroatoms. The summed E-state index contributed by atoms with van der Waals surface area (Å²) in [5.41, 5.74) is 1.40. The summed E-state index contributed by atoms with van der Waals surface area (Å²) in [5.74, 6) is 1.38. The molecule has 3 rings (SSSR count). The van der Waals surface area contributed by atoms with E-state index in [1.807, 2.05) is 37.3 Å². The second kappa shape index (κ2) is 7.61. The molecule has 0 saturated carbocycles. The van der Waals surface area contributed by atoms with Gasteiger partial charge in [0.05, 0.1) is 6.61 Å². The largest absolute Gasteiger partial charge is 0.494 e. The maximum absolute atomic E-state index is 12.3. The van der Waals surface area contributed by atoms with Gasteiger partial charge in [-0.3, -0.25) is 4.79 Å². The van der Waals surface area contributed by atoms with Crippen molar-refractivity contribution in [1.29, 1.82) is 0 Å². The molecule has 0 aliphatic carbocycles. The van der Waals surface area contributed by atoms with Gasteiger partial charge in [0.25, 0.3) is 5.91 Å². The van der Waals surface area contributed by atoms with Gasteiger partial charge in [0.1, 0.15) is 11.8 Å². The van der Waals surface area contributed by atoms with Gasteiger partial charge in [0.2, 0.25) is 11.7 Å². The van der Waals surface area contributed by atoms with E-state index >= 15 is 0 Å². The van der Waals surface area contributed by atoms with E-state index in [1.54, 1.807) is 31.2 Å². The molecule has 25 heavy (non-hydrogen) atoms. The van der Waals surface area contributed by atoms with E-state index in [0.29, 0.717) is 23.9 Å². The van der Waals surface area contributed by atoms with E-state index in [-0.39, 0.29) is 5.91 Å². The Labute approximate surface area is 145 Å². The van der Waals surface area contributed by atoms with E-state index in [1.165, 1.54) is 0 Å². The molecule has 0 radical (unpaired) electrons. The monoisotopic (exact) mass is 337 g/mol. The molecule has 2 aromatic carbocycles. The number of ether oxygens (including phenoxy) is 1. The Bertz CT molecular complexity index is 829. The highest BCUT2D eigenvalue weighted by atomic mass is 16.5. The Morgan fingerprint density at radius 1 is 1.16 bits per heavy atom. The van der Waals surface area contributed by atoms with Crippen LogP contribution >= 0.6 is 0 Å². The number of benzene rings is 2. The molecule has 1 atom stereocenters. The predicted octanol–water partition coefficient (Wildman–Crippen LogP) is 3.63. The maximum Gasteiger partial charge on any atom is 0.251 e. The molecule has 0 aliphatic rings. The molecule has 1 amide bonds. The number of nitrogens with one attached hydrogen (secondary N) is 1. The van der Waals surface area contributed by atoms with Gasteiger partial charge in [0, 0.05) is 11.1 Å². The Morgan fingerprint density at radius 2 is 1.88 bits per heavy atom. The van der Waals surface area contributed by atoms with E-state index < -0.39 is 6.04 Å². The highest BCUT2D eigenvalue weighted by Crippen LogP contribution is 2.19. The number of amides is 1. The Kier molecular flexibility index (Phi) is 5.09. The van der Waals surface area contributed by atoms with Crippen molar-refractivity contribution in [2.45, 2.75) is 19.9 Å². The van der Waals surface area contributed by atoms with Crippen LogP contribution in [-0.2, 0) is 0 Å². The standard InChI is InChI=1S/C19H19N3O3/c1-3-24-16-11-9-15(10-12-16)18(23)20-13(2)19-21-17(22-25-19)14-7-5-4-6-8-14/h4-13H,3H2,1-2H3,(H,20,23)/t13-/m0/s1. The fraction of sp³-hybridized carbons (Fsp3) is 0.211. The zero-order chi connectivity index (χ0) is 17.6. The van der Waals surface area contributed by atoms with Crippen LogP contribution in [0.15, 0.2) is 59.1 Å². The highest BCUT2D eigenvalue weighted by molar-refractivity contribution is 5.94. The third-order valence-corrected chi connectivity index (χ3v) is 3.62. The smallest absolute Gasteiger partial charge is 0.251 e. The topological polar surface area (TPSA) is 77.2 Å². The lowest BCUT2D eigenvalue weighted by atomic mass is 10.2. The molecule has 6 nitrogen and oxygen atoms in total. The summed E-state index contributed by atoms with van der Waals surface area (Å²) in [6, 6.07) is 16.1. The molecule has 1 heterocycles. The molecular weight excluding hydrogens is 318 g/mol. The minimum Gasteiger partial charge on any atom is -0.494 e. The van der Waals surface area contributed by atoms with Crippen molar-refractivity contribution in [3.63, 3.8) is 0 Å². The average molecular weight is 337 g/mol. The van der Waals surface area contributed by atoms with Crippen LogP contribution in [0.4, 0.5) is 0 Å². The Hall–Kier alpha value is -3.15. The first-order chi connectivity index (χ1) is 12.2.